The zero-order valence-electron chi connectivity index (χ0n) is 7.54. The van der Waals surface area contributed by atoms with Crippen LogP contribution in [0.3, 0.4) is 0 Å². The molecule has 0 saturated heterocycles. The molecule has 0 aromatic rings. The van der Waals surface area contributed by atoms with Crippen LogP contribution in [0.2, 0.25) is 0 Å². The van der Waals surface area contributed by atoms with E-state index < -0.39 is 0 Å². The van der Waals surface area contributed by atoms with Gasteiger partial charge in [-0.05, 0) is 31.8 Å². The van der Waals surface area contributed by atoms with Crippen LogP contribution in [0.4, 0.5) is 0 Å². The van der Waals surface area contributed by atoms with Crippen molar-refractivity contribution < 1.29 is 5.11 Å². The molecule has 0 bridgehead atoms. The third-order valence-electron chi connectivity index (χ3n) is 1.73. The van der Waals surface area contributed by atoms with Gasteiger partial charge in [-0.25, -0.2) is 0 Å². The minimum Gasteiger partial charge on any atom is -0.393 e. The predicted octanol–water partition coefficient (Wildman–Crippen LogP) is 2.59. The van der Waals surface area contributed by atoms with Gasteiger partial charge in [-0.1, -0.05) is 6.92 Å². The van der Waals surface area contributed by atoms with E-state index in [-0.39, 0.29) is 6.10 Å². The number of aliphatic hydroxyl groups is 1. The Labute approximate surface area is 78.3 Å². The molecular weight excluding hydrogens is 176 g/mol. The second-order valence-corrected chi connectivity index (χ2v) is 4.92. The summed E-state index contributed by atoms with van der Waals surface area (Å²) in [6.07, 6.45) is 7.12. The lowest BCUT2D eigenvalue weighted by molar-refractivity contribution is 0.159. The van der Waals surface area contributed by atoms with Crippen LogP contribution < -0.4 is 0 Å². The Morgan fingerprint density at radius 3 is 2.09 bits per heavy atom. The van der Waals surface area contributed by atoms with Crippen LogP contribution in [-0.2, 0) is 0 Å². The minimum absolute atomic E-state index is 0.0863. The molecule has 0 spiro atoms. The lowest BCUT2D eigenvalue weighted by Gasteiger charge is -2.13. The first-order chi connectivity index (χ1) is 5.24. The van der Waals surface area contributed by atoms with Crippen molar-refractivity contribution in [3.05, 3.63) is 0 Å². The summed E-state index contributed by atoms with van der Waals surface area (Å²) in [7, 11) is 0. The van der Waals surface area contributed by atoms with Gasteiger partial charge in [0, 0.05) is 4.58 Å². The second kappa shape index (κ2) is 7.32. The van der Waals surface area contributed by atoms with Gasteiger partial charge in [0.1, 0.15) is 0 Å². The highest BCUT2D eigenvalue weighted by Gasteiger charge is 2.07. The third kappa shape index (κ3) is 5.88. The number of hydrogen-bond acceptors (Lipinski definition) is 3. The minimum atomic E-state index is -0.0863. The Morgan fingerprint density at radius 1 is 1.18 bits per heavy atom. The average molecular weight is 194 g/mol. The first-order valence-corrected chi connectivity index (χ1v) is 6.55. The Balaban J connectivity index is 3.34. The summed E-state index contributed by atoms with van der Waals surface area (Å²) < 4.78 is 0.663. The van der Waals surface area contributed by atoms with E-state index >= 15 is 0 Å². The topological polar surface area (TPSA) is 20.2 Å². The molecule has 0 fully saturated rings. The summed E-state index contributed by atoms with van der Waals surface area (Å²) in [5, 5.41) is 9.28. The molecule has 0 saturated carbocycles. The second-order valence-electron chi connectivity index (χ2n) is 2.54. The highest BCUT2D eigenvalue weighted by atomic mass is 32.2. The van der Waals surface area contributed by atoms with Gasteiger partial charge in [0.2, 0.25) is 0 Å². The molecule has 0 aromatic heterocycles. The highest BCUT2D eigenvalue weighted by Crippen LogP contribution is 2.24. The quantitative estimate of drug-likeness (QED) is 0.656. The summed E-state index contributed by atoms with van der Waals surface area (Å²) in [4.78, 5) is 0. The molecule has 0 heterocycles. The van der Waals surface area contributed by atoms with E-state index in [1.807, 2.05) is 30.4 Å². The third-order valence-corrected chi connectivity index (χ3v) is 4.41. The van der Waals surface area contributed by atoms with Gasteiger partial charge in [-0.3, -0.25) is 0 Å². The number of rotatable bonds is 6. The van der Waals surface area contributed by atoms with Crippen molar-refractivity contribution in [1.82, 2.24) is 0 Å². The van der Waals surface area contributed by atoms with E-state index in [1.54, 1.807) is 0 Å². The molecule has 0 rings (SSSR count). The van der Waals surface area contributed by atoms with Crippen LogP contribution in [0.15, 0.2) is 0 Å². The van der Waals surface area contributed by atoms with E-state index in [1.165, 1.54) is 0 Å². The molecule has 1 nitrogen and oxygen atoms in total. The summed E-state index contributed by atoms with van der Waals surface area (Å²) in [5.74, 6) is 0. The standard InChI is InChI=1S/C8H18OS2/c1-4-7(9)5-6-8(10-2)11-3/h7-9H,4-6H2,1-3H3. The lowest BCUT2D eigenvalue weighted by Crippen LogP contribution is -2.07. The van der Waals surface area contributed by atoms with Gasteiger partial charge in [-0.15, -0.1) is 0 Å². The maximum absolute atomic E-state index is 9.28. The normalized spacial score (nSPS) is 13.9. The Morgan fingerprint density at radius 2 is 1.73 bits per heavy atom. The molecule has 0 aromatic carbocycles. The smallest absolute Gasteiger partial charge is 0.0538 e. The van der Waals surface area contributed by atoms with Crippen molar-refractivity contribution >= 4 is 23.5 Å². The van der Waals surface area contributed by atoms with Crippen LogP contribution in [0, 0.1) is 0 Å². The Hall–Kier alpha value is 0.660. The zero-order valence-corrected chi connectivity index (χ0v) is 9.17. The van der Waals surface area contributed by atoms with Gasteiger partial charge in [0.15, 0.2) is 0 Å². The van der Waals surface area contributed by atoms with Crippen LogP contribution in [0.25, 0.3) is 0 Å². The number of hydrogen-bond donors (Lipinski definition) is 1. The summed E-state index contributed by atoms with van der Waals surface area (Å²) in [6.45, 7) is 2.03. The van der Waals surface area contributed by atoms with Gasteiger partial charge < -0.3 is 5.11 Å². The SMILES string of the molecule is CCC(O)CCC(SC)SC. The molecule has 3 heteroatoms. The fraction of sp³-hybridized carbons (Fsp3) is 1.00. The highest BCUT2D eigenvalue weighted by molar-refractivity contribution is 8.16. The molecule has 0 aliphatic carbocycles. The lowest BCUT2D eigenvalue weighted by atomic mass is 10.2. The fourth-order valence-electron chi connectivity index (χ4n) is 0.865. The molecular formula is C8H18OS2. The van der Waals surface area contributed by atoms with Crippen LogP contribution in [-0.4, -0.2) is 28.3 Å². The molecule has 0 radical (unpaired) electrons. The molecule has 1 unspecified atom stereocenters. The van der Waals surface area contributed by atoms with Crippen molar-refractivity contribution in [1.29, 1.82) is 0 Å². The molecule has 68 valence electrons. The van der Waals surface area contributed by atoms with E-state index in [2.05, 4.69) is 12.5 Å². The molecule has 1 N–H and O–H groups in total. The van der Waals surface area contributed by atoms with Crippen molar-refractivity contribution in [3.8, 4) is 0 Å². The van der Waals surface area contributed by atoms with Gasteiger partial charge in [0.25, 0.3) is 0 Å². The van der Waals surface area contributed by atoms with Gasteiger partial charge in [-0.2, -0.15) is 23.5 Å². The summed E-state index contributed by atoms with van der Waals surface area (Å²) >= 11 is 3.75. The Bertz CT molecular complexity index is 84.2. The number of aliphatic hydroxyl groups excluding tert-OH is 1. The molecule has 0 aliphatic rings. The van der Waals surface area contributed by atoms with Crippen molar-refractivity contribution in [2.75, 3.05) is 12.5 Å². The van der Waals surface area contributed by atoms with Crippen LogP contribution >= 0.6 is 23.5 Å². The fourth-order valence-corrected chi connectivity index (χ4v) is 2.38. The zero-order chi connectivity index (χ0) is 8.69. The van der Waals surface area contributed by atoms with Crippen LogP contribution in [0.1, 0.15) is 26.2 Å². The first-order valence-electron chi connectivity index (χ1n) is 3.98. The van der Waals surface area contributed by atoms with Crippen molar-refractivity contribution in [3.63, 3.8) is 0 Å². The van der Waals surface area contributed by atoms with Gasteiger partial charge in [0.05, 0.1) is 6.10 Å². The summed E-state index contributed by atoms with van der Waals surface area (Å²) in [5.41, 5.74) is 0. The predicted molar refractivity (Wildman–Crippen MR) is 56.3 cm³/mol. The molecule has 1 atom stereocenters. The van der Waals surface area contributed by atoms with E-state index in [9.17, 15) is 5.11 Å². The monoisotopic (exact) mass is 194 g/mol. The van der Waals surface area contributed by atoms with Crippen molar-refractivity contribution in [2.24, 2.45) is 0 Å². The Kier molecular flexibility index (Phi) is 7.76. The average Bonchev–Trinajstić information content (AvgIpc) is 2.06. The maximum Gasteiger partial charge on any atom is 0.0538 e. The van der Waals surface area contributed by atoms with Crippen LogP contribution in [0.5, 0.6) is 0 Å². The van der Waals surface area contributed by atoms with E-state index in [4.69, 9.17) is 0 Å². The van der Waals surface area contributed by atoms with E-state index in [0.29, 0.717) is 4.58 Å². The van der Waals surface area contributed by atoms with Gasteiger partial charge >= 0.3 is 0 Å². The van der Waals surface area contributed by atoms with E-state index in [0.717, 1.165) is 19.3 Å². The van der Waals surface area contributed by atoms with Crippen molar-refractivity contribution in [2.45, 2.75) is 36.9 Å². The first kappa shape index (κ1) is 11.7. The number of thioether (sulfide) groups is 2. The maximum atomic E-state index is 9.28. The molecule has 11 heavy (non-hydrogen) atoms. The summed E-state index contributed by atoms with van der Waals surface area (Å²) in [6, 6.07) is 0. The largest absolute Gasteiger partial charge is 0.393 e. The molecule has 0 amide bonds. The molecule has 0 aliphatic heterocycles.